The van der Waals surface area contributed by atoms with E-state index in [9.17, 15) is 18.0 Å². The first-order valence-corrected chi connectivity index (χ1v) is 8.86. The number of amides is 1. The predicted octanol–water partition coefficient (Wildman–Crippen LogP) is 3.59. The fraction of sp³-hybridized carbons (Fsp3) is 0.421. The lowest BCUT2D eigenvalue weighted by Gasteiger charge is -2.27. The summed E-state index contributed by atoms with van der Waals surface area (Å²) in [5, 5.41) is 12.4. The second-order valence-corrected chi connectivity index (χ2v) is 6.44. The maximum absolute atomic E-state index is 13.5. The fourth-order valence-corrected chi connectivity index (χ4v) is 3.26. The number of methoxy groups -OCH3 is 1. The predicted molar refractivity (Wildman–Crippen MR) is 94.2 cm³/mol. The second-order valence-electron chi connectivity index (χ2n) is 6.44. The molecule has 148 valence electrons. The van der Waals surface area contributed by atoms with Gasteiger partial charge in [-0.25, -0.2) is 4.68 Å². The molecule has 6 nitrogen and oxygen atoms in total. The number of rotatable bonds is 6. The van der Waals surface area contributed by atoms with E-state index in [4.69, 9.17) is 10.00 Å². The van der Waals surface area contributed by atoms with Gasteiger partial charge in [0, 0.05) is 25.1 Å². The van der Waals surface area contributed by atoms with E-state index in [1.165, 1.54) is 12.0 Å². The third-order valence-electron chi connectivity index (χ3n) is 4.66. The first-order chi connectivity index (χ1) is 13.4. The SMILES string of the molecule is COc1ccc(-n2nc(C(F)(F)F)c3c2C(=O)N(CCCCC#N)CC3)cc1. The van der Waals surface area contributed by atoms with Crippen molar-refractivity contribution in [1.29, 1.82) is 5.26 Å². The number of ether oxygens (including phenoxy) is 1. The van der Waals surface area contributed by atoms with Crippen molar-refractivity contribution in [1.82, 2.24) is 14.7 Å². The van der Waals surface area contributed by atoms with Crippen molar-refractivity contribution in [3.05, 3.63) is 41.2 Å². The monoisotopic (exact) mass is 392 g/mol. The molecule has 0 unspecified atom stereocenters. The third-order valence-corrected chi connectivity index (χ3v) is 4.66. The summed E-state index contributed by atoms with van der Waals surface area (Å²) >= 11 is 0. The average molecular weight is 392 g/mol. The number of halogens is 3. The van der Waals surface area contributed by atoms with E-state index >= 15 is 0 Å². The van der Waals surface area contributed by atoms with Crippen molar-refractivity contribution in [2.45, 2.75) is 31.9 Å². The Morgan fingerprint density at radius 3 is 2.57 bits per heavy atom. The molecule has 3 rings (SSSR count). The molecule has 2 aromatic rings. The van der Waals surface area contributed by atoms with Crippen LogP contribution in [0.25, 0.3) is 5.69 Å². The molecule has 0 N–H and O–H groups in total. The number of nitrogens with zero attached hydrogens (tertiary/aromatic N) is 4. The smallest absolute Gasteiger partial charge is 0.435 e. The van der Waals surface area contributed by atoms with Crippen LogP contribution in [0, 0.1) is 11.3 Å². The minimum Gasteiger partial charge on any atom is -0.497 e. The van der Waals surface area contributed by atoms with Crippen LogP contribution in [0.2, 0.25) is 0 Å². The van der Waals surface area contributed by atoms with Gasteiger partial charge in [-0.3, -0.25) is 4.79 Å². The highest BCUT2D eigenvalue weighted by Gasteiger charge is 2.43. The van der Waals surface area contributed by atoms with Crippen LogP contribution in [0.4, 0.5) is 13.2 Å². The highest BCUT2D eigenvalue weighted by Crippen LogP contribution is 2.36. The maximum Gasteiger partial charge on any atom is 0.435 e. The summed E-state index contributed by atoms with van der Waals surface area (Å²) in [4.78, 5) is 14.5. The third kappa shape index (κ3) is 3.81. The van der Waals surface area contributed by atoms with Crippen molar-refractivity contribution in [3.8, 4) is 17.5 Å². The topological polar surface area (TPSA) is 71.2 Å². The van der Waals surface area contributed by atoms with Gasteiger partial charge in [-0.15, -0.1) is 0 Å². The van der Waals surface area contributed by atoms with Gasteiger partial charge in [0.05, 0.1) is 18.9 Å². The summed E-state index contributed by atoms with van der Waals surface area (Å²) in [6, 6.07) is 8.36. The van der Waals surface area contributed by atoms with Gasteiger partial charge in [-0.05, 0) is 43.5 Å². The molecule has 0 fully saturated rings. The number of unbranched alkanes of at least 4 members (excludes halogenated alkanes) is 2. The molecule has 1 aliphatic heterocycles. The van der Waals surface area contributed by atoms with Gasteiger partial charge in [-0.2, -0.15) is 23.5 Å². The number of alkyl halides is 3. The minimum atomic E-state index is -4.64. The summed E-state index contributed by atoms with van der Waals surface area (Å²) in [6.45, 7) is 0.602. The van der Waals surface area contributed by atoms with Crippen molar-refractivity contribution in [2.75, 3.05) is 20.2 Å². The Kier molecular flexibility index (Phi) is 5.58. The van der Waals surface area contributed by atoms with Crippen LogP contribution in [-0.4, -0.2) is 40.8 Å². The summed E-state index contributed by atoms with van der Waals surface area (Å²) < 4.78 is 46.6. The molecule has 1 amide bonds. The molecule has 0 saturated heterocycles. The Bertz CT molecular complexity index is 898. The first kappa shape index (κ1) is 19.7. The summed E-state index contributed by atoms with van der Waals surface area (Å²) in [5.74, 6) is 0.0725. The lowest BCUT2D eigenvalue weighted by molar-refractivity contribution is -0.142. The average Bonchev–Trinajstić information content (AvgIpc) is 3.08. The first-order valence-electron chi connectivity index (χ1n) is 8.86. The lowest BCUT2D eigenvalue weighted by atomic mass is 10.0. The normalized spacial score (nSPS) is 14.0. The Balaban J connectivity index is 1.99. The molecular weight excluding hydrogens is 373 g/mol. The molecule has 0 spiro atoms. The van der Waals surface area contributed by atoms with E-state index in [1.807, 2.05) is 6.07 Å². The van der Waals surface area contributed by atoms with Gasteiger partial charge in [0.25, 0.3) is 5.91 Å². The van der Waals surface area contributed by atoms with Crippen molar-refractivity contribution in [2.24, 2.45) is 0 Å². The van der Waals surface area contributed by atoms with E-state index in [1.54, 1.807) is 24.3 Å². The van der Waals surface area contributed by atoms with Crippen LogP contribution >= 0.6 is 0 Å². The molecule has 0 atom stereocenters. The van der Waals surface area contributed by atoms with Crippen molar-refractivity contribution >= 4 is 5.91 Å². The number of hydrogen-bond donors (Lipinski definition) is 0. The highest BCUT2D eigenvalue weighted by molar-refractivity contribution is 5.96. The van der Waals surface area contributed by atoms with Crippen LogP contribution in [-0.2, 0) is 12.6 Å². The zero-order chi connectivity index (χ0) is 20.3. The number of carbonyl (C=O) groups is 1. The van der Waals surface area contributed by atoms with Crippen LogP contribution in [0.5, 0.6) is 5.75 Å². The molecule has 0 radical (unpaired) electrons. The number of fused-ring (bicyclic) bond motifs is 1. The van der Waals surface area contributed by atoms with Gasteiger partial charge in [0.15, 0.2) is 5.69 Å². The zero-order valence-corrected chi connectivity index (χ0v) is 15.3. The highest BCUT2D eigenvalue weighted by atomic mass is 19.4. The van der Waals surface area contributed by atoms with Gasteiger partial charge in [0.2, 0.25) is 0 Å². The fourth-order valence-electron chi connectivity index (χ4n) is 3.26. The van der Waals surface area contributed by atoms with Crippen LogP contribution in [0.3, 0.4) is 0 Å². The number of carbonyl (C=O) groups excluding carboxylic acids is 1. The van der Waals surface area contributed by atoms with Gasteiger partial charge >= 0.3 is 6.18 Å². The second kappa shape index (κ2) is 7.92. The van der Waals surface area contributed by atoms with Crippen LogP contribution < -0.4 is 4.74 Å². The largest absolute Gasteiger partial charge is 0.497 e. The Labute approximate surface area is 160 Å². The van der Waals surface area contributed by atoms with E-state index in [2.05, 4.69) is 5.10 Å². The van der Waals surface area contributed by atoms with Crippen molar-refractivity contribution in [3.63, 3.8) is 0 Å². The molecule has 2 heterocycles. The number of nitriles is 1. The quantitative estimate of drug-likeness (QED) is 0.705. The maximum atomic E-state index is 13.5. The molecule has 0 aliphatic carbocycles. The summed E-state index contributed by atoms with van der Waals surface area (Å²) in [7, 11) is 1.49. The van der Waals surface area contributed by atoms with Crippen molar-refractivity contribution < 1.29 is 22.7 Å². The molecule has 1 aromatic carbocycles. The Morgan fingerprint density at radius 2 is 1.96 bits per heavy atom. The van der Waals surface area contributed by atoms with E-state index in [-0.39, 0.29) is 24.2 Å². The van der Waals surface area contributed by atoms with Gasteiger partial charge < -0.3 is 9.64 Å². The molecule has 0 saturated carbocycles. The van der Waals surface area contributed by atoms with Crippen LogP contribution in [0.15, 0.2) is 24.3 Å². The van der Waals surface area contributed by atoms with E-state index < -0.39 is 17.8 Å². The number of hydrogen-bond acceptors (Lipinski definition) is 4. The molecular formula is C19H19F3N4O2. The molecule has 1 aromatic heterocycles. The van der Waals surface area contributed by atoms with E-state index in [0.29, 0.717) is 37.2 Å². The molecule has 9 heteroatoms. The minimum absolute atomic E-state index is 0.0518. The molecule has 0 bridgehead atoms. The number of aromatic nitrogens is 2. The summed E-state index contributed by atoms with van der Waals surface area (Å²) in [5.41, 5.74) is -0.784. The standard InChI is InChI=1S/C19H19F3N4O2/c1-28-14-7-5-13(6-8-14)26-16-15(17(24-26)19(20,21)22)9-12-25(18(16)27)11-4-2-3-10-23/h5-8H,2-4,9,11-12H2,1H3. The van der Waals surface area contributed by atoms with Gasteiger partial charge in [-0.1, -0.05) is 0 Å². The molecule has 28 heavy (non-hydrogen) atoms. The zero-order valence-electron chi connectivity index (χ0n) is 15.3. The summed E-state index contributed by atoms with van der Waals surface area (Å²) in [6.07, 6.45) is -2.91. The molecule has 1 aliphatic rings. The van der Waals surface area contributed by atoms with E-state index in [0.717, 1.165) is 4.68 Å². The van der Waals surface area contributed by atoms with Crippen LogP contribution in [0.1, 0.15) is 41.0 Å². The Morgan fingerprint density at radius 1 is 1.25 bits per heavy atom. The Hall–Kier alpha value is -3.02. The lowest BCUT2D eigenvalue weighted by Crippen LogP contribution is -2.39. The van der Waals surface area contributed by atoms with Gasteiger partial charge in [0.1, 0.15) is 11.4 Å². The number of benzene rings is 1.